The molecule has 0 saturated heterocycles. The van der Waals surface area contributed by atoms with Crippen LogP contribution in [0.25, 0.3) is 21.3 Å². The number of hydrogen-bond acceptors (Lipinski definition) is 4. The predicted molar refractivity (Wildman–Crippen MR) is 114 cm³/mol. The van der Waals surface area contributed by atoms with Crippen molar-refractivity contribution in [3.63, 3.8) is 0 Å². The molecule has 2 aromatic carbocycles. The topological polar surface area (TPSA) is 60.1 Å². The Morgan fingerprint density at radius 2 is 1.96 bits per heavy atom. The lowest BCUT2D eigenvalue weighted by molar-refractivity contribution is 0.0998. The van der Waals surface area contributed by atoms with Crippen LogP contribution >= 0.6 is 11.3 Å². The first-order valence-electron chi connectivity index (χ1n) is 9.11. The maximum atomic E-state index is 12.8. The molecule has 1 amide bonds. The molecule has 0 spiro atoms. The Morgan fingerprint density at radius 3 is 2.71 bits per heavy atom. The lowest BCUT2D eigenvalue weighted by Gasteiger charge is -2.05. The predicted octanol–water partition coefficient (Wildman–Crippen LogP) is 4.70. The molecule has 0 radical (unpaired) electrons. The molecular weight excluding hydrogens is 368 g/mol. The Hall–Kier alpha value is -3.12. The number of benzene rings is 2. The van der Waals surface area contributed by atoms with Crippen molar-refractivity contribution < 1.29 is 4.79 Å². The smallest absolute Gasteiger partial charge is 0.279 e. The highest BCUT2D eigenvalue weighted by atomic mass is 32.1. The van der Waals surface area contributed by atoms with Gasteiger partial charge < -0.3 is 4.57 Å². The zero-order chi connectivity index (χ0) is 19.7. The Balaban J connectivity index is 1.83. The average molecular weight is 388 g/mol. The van der Waals surface area contributed by atoms with Crippen LogP contribution in [-0.4, -0.2) is 20.4 Å². The number of hydrogen-bond donors (Lipinski definition) is 0. The summed E-state index contributed by atoms with van der Waals surface area (Å²) in [5, 5.41) is 0. The van der Waals surface area contributed by atoms with E-state index in [9.17, 15) is 4.79 Å². The van der Waals surface area contributed by atoms with E-state index in [-0.39, 0.29) is 5.91 Å². The summed E-state index contributed by atoms with van der Waals surface area (Å²) in [6, 6.07) is 11.7. The summed E-state index contributed by atoms with van der Waals surface area (Å²) in [6.45, 7) is 8.78. The molecule has 0 aliphatic carbocycles. The molecule has 4 aromatic rings. The van der Waals surface area contributed by atoms with Crippen LogP contribution in [-0.2, 0) is 6.54 Å². The van der Waals surface area contributed by atoms with E-state index in [0.717, 1.165) is 15.7 Å². The van der Waals surface area contributed by atoms with Crippen molar-refractivity contribution >= 4 is 38.5 Å². The van der Waals surface area contributed by atoms with Crippen molar-refractivity contribution in [2.24, 2.45) is 4.99 Å². The third-order valence-electron chi connectivity index (χ3n) is 4.60. The monoisotopic (exact) mass is 388 g/mol. The van der Waals surface area contributed by atoms with E-state index < -0.39 is 0 Å². The molecular formula is C22H20N4OS. The van der Waals surface area contributed by atoms with Crippen molar-refractivity contribution in [1.29, 1.82) is 0 Å². The molecule has 5 nitrogen and oxygen atoms in total. The Morgan fingerprint density at radius 1 is 1.18 bits per heavy atom. The number of amides is 1. The van der Waals surface area contributed by atoms with Gasteiger partial charge in [0.25, 0.3) is 5.91 Å². The summed E-state index contributed by atoms with van der Waals surface area (Å²) in [5.41, 5.74) is 4.26. The molecule has 6 heteroatoms. The van der Waals surface area contributed by atoms with Crippen molar-refractivity contribution in [2.75, 3.05) is 0 Å². The molecule has 140 valence electrons. The number of carbonyl (C=O) groups is 1. The van der Waals surface area contributed by atoms with Crippen LogP contribution in [0.1, 0.15) is 35.7 Å². The number of thiazole rings is 1. The van der Waals surface area contributed by atoms with Gasteiger partial charge in [-0.15, -0.1) is 6.58 Å². The lowest BCUT2D eigenvalue weighted by atomic mass is 10.0. The van der Waals surface area contributed by atoms with Crippen LogP contribution in [0, 0.1) is 0 Å². The van der Waals surface area contributed by atoms with Crippen molar-refractivity contribution in [3.8, 4) is 0 Å². The molecule has 0 bridgehead atoms. The molecule has 0 saturated carbocycles. The highest BCUT2D eigenvalue weighted by Gasteiger charge is 2.11. The van der Waals surface area contributed by atoms with Crippen LogP contribution in [0.5, 0.6) is 0 Å². The lowest BCUT2D eigenvalue weighted by Crippen LogP contribution is -2.16. The quantitative estimate of drug-likeness (QED) is 0.476. The third-order valence-corrected chi connectivity index (χ3v) is 5.64. The van der Waals surface area contributed by atoms with E-state index in [4.69, 9.17) is 0 Å². The summed E-state index contributed by atoms with van der Waals surface area (Å²) in [5.74, 6) is 0.154. The minimum absolute atomic E-state index is 0.291. The van der Waals surface area contributed by atoms with Gasteiger partial charge in [-0.25, -0.2) is 0 Å². The van der Waals surface area contributed by atoms with Gasteiger partial charge in [0.1, 0.15) is 0 Å². The number of fused-ring (bicyclic) bond motifs is 2. The van der Waals surface area contributed by atoms with Crippen LogP contribution in [0.4, 0.5) is 0 Å². The molecule has 0 fully saturated rings. The molecule has 2 heterocycles. The second-order valence-corrected chi connectivity index (χ2v) is 7.85. The first-order valence-corrected chi connectivity index (χ1v) is 9.92. The van der Waals surface area contributed by atoms with Crippen LogP contribution in [0.2, 0.25) is 0 Å². The largest absolute Gasteiger partial charge is 0.312 e. The van der Waals surface area contributed by atoms with Gasteiger partial charge in [0.2, 0.25) is 0 Å². The second-order valence-electron chi connectivity index (χ2n) is 6.84. The maximum Gasteiger partial charge on any atom is 0.279 e. The molecule has 0 N–H and O–H groups in total. The van der Waals surface area contributed by atoms with Crippen molar-refractivity contribution in [3.05, 3.63) is 77.4 Å². The highest BCUT2D eigenvalue weighted by Crippen LogP contribution is 2.23. The minimum atomic E-state index is -0.291. The molecule has 4 rings (SSSR count). The minimum Gasteiger partial charge on any atom is -0.312 e. The average Bonchev–Trinajstić information content (AvgIpc) is 3.04. The second kappa shape index (κ2) is 7.48. The molecule has 28 heavy (non-hydrogen) atoms. The number of aromatic nitrogens is 3. The Bertz CT molecular complexity index is 1270. The van der Waals surface area contributed by atoms with E-state index in [0.29, 0.717) is 28.3 Å². The summed E-state index contributed by atoms with van der Waals surface area (Å²) < 4.78 is 3.14. The molecule has 0 unspecified atom stereocenters. The summed E-state index contributed by atoms with van der Waals surface area (Å²) in [4.78, 5) is 26.4. The summed E-state index contributed by atoms with van der Waals surface area (Å²) in [6.07, 6.45) is 5.07. The molecule has 0 atom stereocenters. The molecule has 0 aliphatic heterocycles. The number of allylic oxidation sites excluding steroid dienone is 1. The Labute approximate surface area is 166 Å². The van der Waals surface area contributed by atoms with Gasteiger partial charge in [0, 0.05) is 24.5 Å². The van der Waals surface area contributed by atoms with Gasteiger partial charge in [-0.1, -0.05) is 37.3 Å². The van der Waals surface area contributed by atoms with E-state index in [2.05, 4.69) is 53.6 Å². The number of rotatable bonds is 4. The highest BCUT2D eigenvalue weighted by molar-refractivity contribution is 7.16. The maximum absolute atomic E-state index is 12.8. The van der Waals surface area contributed by atoms with Crippen molar-refractivity contribution in [1.82, 2.24) is 14.5 Å². The molecule has 2 aromatic heterocycles. The van der Waals surface area contributed by atoms with Gasteiger partial charge in [-0.3, -0.25) is 14.8 Å². The first-order chi connectivity index (χ1) is 13.6. The van der Waals surface area contributed by atoms with Gasteiger partial charge in [-0.05, 0) is 41.8 Å². The normalized spacial score (nSPS) is 12.2. The standard InChI is InChI=1S/C22H20N4OS/c1-4-11-26-19-8-6-15(14(2)3)13-20(19)28-22(26)25-21(27)16-5-7-17-18(12-16)24-10-9-23-17/h4-10,12-14H,1,11H2,2-3H3. The van der Waals surface area contributed by atoms with Crippen LogP contribution in [0.15, 0.2) is 66.4 Å². The number of carbonyl (C=O) groups excluding carboxylic acids is 1. The van der Waals surface area contributed by atoms with Crippen molar-refractivity contribution in [2.45, 2.75) is 26.3 Å². The third kappa shape index (κ3) is 3.39. The fourth-order valence-electron chi connectivity index (χ4n) is 3.09. The Kier molecular flexibility index (Phi) is 4.88. The van der Waals surface area contributed by atoms with E-state index in [1.165, 1.54) is 16.9 Å². The van der Waals surface area contributed by atoms with E-state index >= 15 is 0 Å². The van der Waals surface area contributed by atoms with Gasteiger partial charge in [0.15, 0.2) is 4.80 Å². The van der Waals surface area contributed by atoms with Crippen LogP contribution in [0.3, 0.4) is 0 Å². The summed E-state index contributed by atoms with van der Waals surface area (Å²) in [7, 11) is 0. The number of nitrogens with zero attached hydrogens (tertiary/aromatic N) is 4. The zero-order valence-electron chi connectivity index (χ0n) is 15.8. The zero-order valence-corrected chi connectivity index (χ0v) is 16.6. The van der Waals surface area contributed by atoms with E-state index in [1.54, 1.807) is 30.6 Å². The van der Waals surface area contributed by atoms with Crippen LogP contribution < -0.4 is 4.80 Å². The van der Waals surface area contributed by atoms with E-state index in [1.807, 2.05) is 10.6 Å². The van der Waals surface area contributed by atoms with Gasteiger partial charge >= 0.3 is 0 Å². The summed E-state index contributed by atoms with van der Waals surface area (Å²) >= 11 is 1.52. The fraction of sp³-hybridized carbons (Fsp3) is 0.182. The fourth-order valence-corrected chi connectivity index (χ4v) is 4.17. The van der Waals surface area contributed by atoms with Gasteiger partial charge in [0.05, 0.1) is 21.3 Å². The molecule has 0 aliphatic rings. The first kappa shape index (κ1) is 18.3. The SMILES string of the molecule is C=CCn1c(=NC(=O)c2ccc3nccnc3c2)sc2cc(C(C)C)ccc21. The van der Waals surface area contributed by atoms with Gasteiger partial charge in [-0.2, -0.15) is 4.99 Å².